The van der Waals surface area contributed by atoms with Gasteiger partial charge in [0.05, 0.1) is 16.5 Å². The maximum Gasteiger partial charge on any atom is 0.331 e. The zero-order chi connectivity index (χ0) is 14.7. The molecule has 0 spiro atoms. The molecule has 2 rings (SSSR count). The minimum absolute atomic E-state index is 0.173. The van der Waals surface area contributed by atoms with Gasteiger partial charge in [-0.25, -0.2) is 4.39 Å². The summed E-state index contributed by atoms with van der Waals surface area (Å²) in [4.78, 5) is 14.1. The van der Waals surface area contributed by atoms with Crippen LogP contribution in [0.5, 0.6) is 17.5 Å². The van der Waals surface area contributed by atoms with Crippen LogP contribution in [0.15, 0.2) is 34.8 Å². The van der Waals surface area contributed by atoms with E-state index in [9.17, 15) is 14.5 Å². The molecule has 20 heavy (non-hydrogen) atoms. The molecule has 0 atom stereocenters. The predicted octanol–water partition coefficient (Wildman–Crippen LogP) is 3.69. The summed E-state index contributed by atoms with van der Waals surface area (Å²) in [5.41, 5.74) is -0.314. The fraction of sp³-hybridized carbons (Fsp3) is 0.0833. The highest BCUT2D eigenvalue weighted by molar-refractivity contribution is 9.10. The van der Waals surface area contributed by atoms with E-state index < -0.39 is 10.7 Å². The van der Waals surface area contributed by atoms with Crippen LogP contribution in [0.2, 0.25) is 0 Å². The second-order valence-electron chi connectivity index (χ2n) is 3.61. The highest BCUT2D eigenvalue weighted by Gasteiger charge is 2.19. The fourth-order valence-electron chi connectivity index (χ4n) is 1.40. The van der Waals surface area contributed by atoms with Crippen molar-refractivity contribution in [2.45, 2.75) is 0 Å². The Bertz CT molecular complexity index is 666. The molecule has 1 heterocycles. The largest absolute Gasteiger partial charge is 0.481 e. The quantitative estimate of drug-likeness (QED) is 0.625. The lowest BCUT2D eigenvalue weighted by Gasteiger charge is -2.07. The molecule has 1 aromatic heterocycles. The van der Waals surface area contributed by atoms with E-state index in [0.717, 1.165) is 0 Å². The van der Waals surface area contributed by atoms with Crippen molar-refractivity contribution in [1.29, 1.82) is 0 Å². The average Bonchev–Trinajstić information content (AvgIpc) is 2.42. The number of pyridine rings is 1. The van der Waals surface area contributed by atoms with E-state index in [4.69, 9.17) is 9.47 Å². The van der Waals surface area contributed by atoms with Crippen molar-refractivity contribution in [1.82, 2.24) is 4.98 Å². The Morgan fingerprint density at radius 1 is 1.35 bits per heavy atom. The van der Waals surface area contributed by atoms with Crippen molar-refractivity contribution < 1.29 is 18.8 Å². The van der Waals surface area contributed by atoms with Crippen molar-refractivity contribution in [3.63, 3.8) is 0 Å². The monoisotopic (exact) mass is 342 g/mol. The van der Waals surface area contributed by atoms with E-state index in [0.29, 0.717) is 0 Å². The second kappa shape index (κ2) is 5.83. The van der Waals surface area contributed by atoms with Crippen LogP contribution in [-0.4, -0.2) is 17.0 Å². The summed E-state index contributed by atoms with van der Waals surface area (Å²) in [6.07, 6.45) is 0. The molecule has 0 aliphatic heterocycles. The van der Waals surface area contributed by atoms with Crippen LogP contribution in [0.4, 0.5) is 10.1 Å². The van der Waals surface area contributed by atoms with Crippen LogP contribution in [0.1, 0.15) is 0 Å². The number of aromatic nitrogens is 1. The van der Waals surface area contributed by atoms with E-state index in [1.807, 2.05) is 0 Å². The zero-order valence-corrected chi connectivity index (χ0v) is 11.8. The lowest BCUT2D eigenvalue weighted by atomic mass is 10.3. The summed E-state index contributed by atoms with van der Waals surface area (Å²) in [6.45, 7) is 0. The number of methoxy groups -OCH3 is 1. The Hall–Kier alpha value is -2.22. The van der Waals surface area contributed by atoms with Crippen LogP contribution in [0.25, 0.3) is 0 Å². The number of hydrogen-bond acceptors (Lipinski definition) is 5. The summed E-state index contributed by atoms with van der Waals surface area (Å²) < 4.78 is 23.5. The van der Waals surface area contributed by atoms with E-state index in [1.165, 1.54) is 37.4 Å². The van der Waals surface area contributed by atoms with Crippen molar-refractivity contribution in [2.75, 3.05) is 7.11 Å². The number of hydrogen-bond donors (Lipinski definition) is 0. The Labute approximate surface area is 121 Å². The third kappa shape index (κ3) is 3.02. The molecule has 0 aliphatic rings. The highest BCUT2D eigenvalue weighted by Crippen LogP contribution is 2.32. The van der Waals surface area contributed by atoms with Gasteiger partial charge < -0.3 is 9.47 Å². The van der Waals surface area contributed by atoms with Gasteiger partial charge in [0, 0.05) is 12.1 Å². The van der Waals surface area contributed by atoms with Crippen LogP contribution in [0, 0.1) is 15.9 Å². The second-order valence-corrected chi connectivity index (χ2v) is 4.47. The van der Waals surface area contributed by atoms with E-state index in [2.05, 4.69) is 20.9 Å². The first-order chi connectivity index (χ1) is 9.51. The minimum Gasteiger partial charge on any atom is -0.481 e. The molecular weight excluding hydrogens is 335 g/mol. The predicted molar refractivity (Wildman–Crippen MR) is 71.6 cm³/mol. The molecule has 6 nitrogen and oxygen atoms in total. The molecule has 0 amide bonds. The maximum atomic E-state index is 13.1. The first-order valence-electron chi connectivity index (χ1n) is 5.33. The number of ether oxygens (including phenoxy) is 2. The summed E-state index contributed by atoms with van der Waals surface area (Å²) in [7, 11) is 1.38. The van der Waals surface area contributed by atoms with Crippen molar-refractivity contribution in [3.05, 3.63) is 50.7 Å². The van der Waals surface area contributed by atoms with Crippen molar-refractivity contribution in [2.24, 2.45) is 0 Å². The molecule has 0 N–H and O–H groups in total. The normalized spacial score (nSPS) is 10.2. The molecule has 1 aromatic carbocycles. The smallest absolute Gasteiger partial charge is 0.331 e. The van der Waals surface area contributed by atoms with Gasteiger partial charge in [-0.15, -0.1) is 0 Å². The number of rotatable bonds is 4. The number of nitro groups is 1. The highest BCUT2D eigenvalue weighted by atomic mass is 79.9. The fourth-order valence-corrected chi connectivity index (χ4v) is 1.75. The van der Waals surface area contributed by atoms with Crippen molar-refractivity contribution in [3.8, 4) is 17.5 Å². The molecule has 0 saturated heterocycles. The molecule has 104 valence electrons. The minimum atomic E-state index is -0.625. The molecular formula is C12H8BrFN2O4. The number of benzene rings is 1. The van der Waals surface area contributed by atoms with Gasteiger partial charge in [0.2, 0.25) is 5.88 Å². The molecule has 0 fully saturated rings. The van der Waals surface area contributed by atoms with Gasteiger partial charge in [0.15, 0.2) is 0 Å². The topological polar surface area (TPSA) is 74.5 Å². The van der Waals surface area contributed by atoms with Gasteiger partial charge in [-0.1, -0.05) is 0 Å². The van der Waals surface area contributed by atoms with Crippen LogP contribution in [0.3, 0.4) is 0 Å². The molecule has 0 bridgehead atoms. The van der Waals surface area contributed by atoms with Crippen molar-refractivity contribution >= 4 is 21.6 Å². The molecule has 0 aliphatic carbocycles. The van der Waals surface area contributed by atoms with Crippen LogP contribution >= 0.6 is 15.9 Å². The van der Waals surface area contributed by atoms with Crippen LogP contribution < -0.4 is 9.47 Å². The lowest BCUT2D eigenvalue weighted by molar-refractivity contribution is -0.386. The van der Waals surface area contributed by atoms with Gasteiger partial charge in [-0.05, 0) is 34.1 Å². The molecule has 2 aromatic rings. The van der Waals surface area contributed by atoms with E-state index in [1.54, 1.807) is 0 Å². The van der Waals surface area contributed by atoms with Gasteiger partial charge in [0.1, 0.15) is 11.6 Å². The Balaban J connectivity index is 2.40. The SMILES string of the molecule is COc1ccc([N+](=O)[O-])c(Oc2ccc(F)c(Br)c2)n1. The maximum absolute atomic E-state index is 13.1. The van der Waals surface area contributed by atoms with Gasteiger partial charge in [0.25, 0.3) is 0 Å². The third-order valence-electron chi connectivity index (χ3n) is 2.33. The molecule has 8 heteroatoms. The Morgan fingerprint density at radius 2 is 2.10 bits per heavy atom. The zero-order valence-electron chi connectivity index (χ0n) is 10.2. The Kier molecular flexibility index (Phi) is 4.14. The molecule has 0 radical (unpaired) electrons. The number of nitrogens with zero attached hydrogens (tertiary/aromatic N) is 2. The first-order valence-corrected chi connectivity index (χ1v) is 6.13. The summed E-state index contributed by atoms with van der Waals surface area (Å²) in [5.74, 6) is -0.313. The van der Waals surface area contributed by atoms with Crippen LogP contribution in [-0.2, 0) is 0 Å². The lowest BCUT2D eigenvalue weighted by Crippen LogP contribution is -1.98. The average molecular weight is 343 g/mol. The molecule has 0 saturated carbocycles. The first kappa shape index (κ1) is 14.2. The number of halogens is 2. The van der Waals surface area contributed by atoms with Gasteiger partial charge in [-0.2, -0.15) is 4.98 Å². The molecule has 0 unspecified atom stereocenters. The van der Waals surface area contributed by atoms with E-state index in [-0.39, 0.29) is 27.7 Å². The summed E-state index contributed by atoms with van der Waals surface area (Å²) in [6, 6.07) is 6.43. The van der Waals surface area contributed by atoms with Gasteiger partial charge >= 0.3 is 11.6 Å². The summed E-state index contributed by atoms with van der Waals surface area (Å²) >= 11 is 3.00. The standard InChI is InChI=1S/C12H8BrFN2O4/c1-19-11-5-4-10(16(17)18)12(15-11)20-7-2-3-9(14)8(13)6-7/h2-6H,1H3. The van der Waals surface area contributed by atoms with Gasteiger partial charge in [-0.3, -0.25) is 10.1 Å². The third-order valence-corrected chi connectivity index (χ3v) is 2.93. The van der Waals surface area contributed by atoms with E-state index >= 15 is 0 Å². The summed E-state index contributed by atoms with van der Waals surface area (Å²) in [5, 5.41) is 10.9. The Morgan fingerprint density at radius 3 is 2.70 bits per heavy atom.